The summed E-state index contributed by atoms with van der Waals surface area (Å²) < 4.78 is 0. The van der Waals surface area contributed by atoms with Gasteiger partial charge in [0.2, 0.25) is 0 Å². The maximum Gasteiger partial charge on any atom is 0.273 e. The van der Waals surface area contributed by atoms with E-state index in [2.05, 4.69) is 15.7 Å². The number of carbonyl (C=O) groups excluding carboxylic acids is 1. The lowest BCUT2D eigenvalue weighted by atomic mass is 10.4. The monoisotopic (exact) mass is 142 g/mol. The lowest BCUT2D eigenvalue weighted by Crippen LogP contribution is -2.20. The molecule has 10 heavy (non-hydrogen) atoms. The number of hydrogen-bond donors (Lipinski definition) is 3. The first-order chi connectivity index (χ1) is 4.76. The Morgan fingerprint density at radius 3 is 2.50 bits per heavy atom. The van der Waals surface area contributed by atoms with Crippen LogP contribution in [-0.2, 0) is 4.79 Å². The molecule has 0 bridgehead atoms. The van der Waals surface area contributed by atoms with Crippen molar-refractivity contribution in [3.05, 3.63) is 11.9 Å². The zero-order valence-corrected chi connectivity index (χ0v) is 5.93. The summed E-state index contributed by atoms with van der Waals surface area (Å²) >= 11 is 0. The molecule has 0 rings (SSSR count). The van der Waals surface area contributed by atoms with Crippen molar-refractivity contribution in [1.82, 2.24) is 10.6 Å². The van der Waals surface area contributed by atoms with Gasteiger partial charge in [0.25, 0.3) is 5.91 Å². The molecule has 0 aliphatic rings. The molecule has 0 aliphatic carbocycles. The minimum atomic E-state index is -0.371. The molecule has 0 heterocycles. The van der Waals surface area contributed by atoms with E-state index in [1.807, 2.05) is 0 Å². The molecule has 0 aliphatic heterocycles. The van der Waals surface area contributed by atoms with Gasteiger partial charge in [0.15, 0.2) is 5.70 Å². The van der Waals surface area contributed by atoms with E-state index < -0.39 is 0 Å². The van der Waals surface area contributed by atoms with Crippen molar-refractivity contribution in [2.45, 2.75) is 0 Å². The Labute approximate surface area is 59.0 Å². The van der Waals surface area contributed by atoms with E-state index in [1.165, 1.54) is 13.2 Å². The molecular formula is C5H10N4O. The highest BCUT2D eigenvalue weighted by atomic mass is 16.1. The third-order valence-corrected chi connectivity index (χ3v) is 0.861. The van der Waals surface area contributed by atoms with Crippen LogP contribution in [0.25, 0.3) is 0 Å². The van der Waals surface area contributed by atoms with Crippen molar-refractivity contribution < 1.29 is 4.79 Å². The summed E-state index contributed by atoms with van der Waals surface area (Å²) in [5.41, 5.74) is 6.61. The standard InChI is InChI=1S/C5H10N4O/c1-7-3-4(9-6)5(10)8-2/h3,6-7H,1-2H3,(H,8,10)/b4-3-,9-6?. The summed E-state index contributed by atoms with van der Waals surface area (Å²) in [5.74, 6) is -0.371. The molecule has 0 spiro atoms. The topological polar surface area (TPSA) is 77.3 Å². The molecule has 0 fully saturated rings. The molecule has 1 amide bonds. The van der Waals surface area contributed by atoms with Gasteiger partial charge in [-0.05, 0) is 0 Å². The molecule has 0 aromatic carbocycles. The van der Waals surface area contributed by atoms with Crippen LogP contribution in [0.15, 0.2) is 17.0 Å². The van der Waals surface area contributed by atoms with Crippen LogP contribution in [0.2, 0.25) is 0 Å². The number of carbonyl (C=O) groups is 1. The Bertz CT molecular complexity index is 163. The Morgan fingerprint density at radius 1 is 1.60 bits per heavy atom. The minimum Gasteiger partial charge on any atom is -0.392 e. The minimum absolute atomic E-state index is 0.0602. The van der Waals surface area contributed by atoms with Crippen LogP contribution in [0.4, 0.5) is 0 Å². The Balaban J connectivity index is 4.20. The van der Waals surface area contributed by atoms with Gasteiger partial charge in [-0.25, -0.2) is 5.53 Å². The first kappa shape index (κ1) is 8.61. The van der Waals surface area contributed by atoms with E-state index in [-0.39, 0.29) is 11.6 Å². The molecule has 0 aromatic heterocycles. The molecule has 0 aromatic rings. The summed E-state index contributed by atoms with van der Waals surface area (Å²) in [7, 11) is 3.12. The van der Waals surface area contributed by atoms with E-state index >= 15 is 0 Å². The molecular weight excluding hydrogens is 132 g/mol. The van der Waals surface area contributed by atoms with Gasteiger partial charge in [0.1, 0.15) is 0 Å². The Morgan fingerprint density at radius 2 is 2.20 bits per heavy atom. The Hall–Kier alpha value is -1.39. The highest BCUT2D eigenvalue weighted by Gasteiger charge is 2.03. The van der Waals surface area contributed by atoms with Gasteiger partial charge in [0.05, 0.1) is 0 Å². The van der Waals surface area contributed by atoms with Gasteiger partial charge in [-0.1, -0.05) is 0 Å². The van der Waals surface area contributed by atoms with Crippen LogP contribution < -0.4 is 10.6 Å². The van der Waals surface area contributed by atoms with E-state index in [9.17, 15) is 4.79 Å². The average molecular weight is 142 g/mol. The van der Waals surface area contributed by atoms with Gasteiger partial charge in [-0.15, -0.1) is 0 Å². The van der Waals surface area contributed by atoms with Crippen LogP contribution in [0.1, 0.15) is 0 Å². The summed E-state index contributed by atoms with van der Waals surface area (Å²) in [4.78, 5) is 10.7. The maximum atomic E-state index is 10.7. The molecule has 0 unspecified atom stereocenters. The molecule has 0 atom stereocenters. The van der Waals surface area contributed by atoms with Gasteiger partial charge < -0.3 is 10.6 Å². The van der Waals surface area contributed by atoms with Crippen LogP contribution >= 0.6 is 0 Å². The van der Waals surface area contributed by atoms with E-state index in [0.717, 1.165) is 0 Å². The summed E-state index contributed by atoms with van der Waals surface area (Å²) in [6, 6.07) is 0. The van der Waals surface area contributed by atoms with E-state index in [4.69, 9.17) is 5.53 Å². The van der Waals surface area contributed by atoms with Crippen molar-refractivity contribution in [2.75, 3.05) is 14.1 Å². The number of amides is 1. The molecule has 0 saturated heterocycles. The van der Waals surface area contributed by atoms with Crippen molar-refractivity contribution in [3.63, 3.8) is 0 Å². The second-order valence-corrected chi connectivity index (χ2v) is 1.51. The van der Waals surface area contributed by atoms with E-state index in [1.54, 1.807) is 7.05 Å². The fourth-order valence-electron chi connectivity index (χ4n) is 0.413. The van der Waals surface area contributed by atoms with Crippen molar-refractivity contribution in [2.24, 2.45) is 5.11 Å². The molecule has 3 N–H and O–H groups in total. The van der Waals surface area contributed by atoms with Crippen LogP contribution in [0.3, 0.4) is 0 Å². The summed E-state index contributed by atoms with van der Waals surface area (Å²) in [6.45, 7) is 0. The molecule has 5 heteroatoms. The number of nitrogens with one attached hydrogen (secondary N) is 3. The molecule has 0 saturated carbocycles. The normalized spacial score (nSPS) is 10.4. The van der Waals surface area contributed by atoms with Crippen LogP contribution in [0.5, 0.6) is 0 Å². The zero-order chi connectivity index (χ0) is 7.98. The largest absolute Gasteiger partial charge is 0.392 e. The highest BCUT2D eigenvalue weighted by molar-refractivity contribution is 5.92. The lowest BCUT2D eigenvalue weighted by molar-refractivity contribution is -0.117. The first-order valence-corrected chi connectivity index (χ1v) is 2.73. The van der Waals surface area contributed by atoms with Crippen LogP contribution in [0, 0.1) is 5.53 Å². The fourth-order valence-corrected chi connectivity index (χ4v) is 0.413. The van der Waals surface area contributed by atoms with E-state index in [0.29, 0.717) is 0 Å². The number of rotatable bonds is 3. The van der Waals surface area contributed by atoms with Gasteiger partial charge in [-0.2, -0.15) is 5.11 Å². The molecule has 56 valence electrons. The van der Waals surface area contributed by atoms with Crippen molar-refractivity contribution in [1.29, 1.82) is 5.53 Å². The fraction of sp³-hybridized carbons (Fsp3) is 0.400. The second kappa shape index (κ2) is 4.49. The maximum absolute atomic E-state index is 10.7. The average Bonchev–Trinajstić information content (AvgIpc) is 1.99. The quantitative estimate of drug-likeness (QED) is 0.377. The smallest absolute Gasteiger partial charge is 0.273 e. The molecule has 5 nitrogen and oxygen atoms in total. The first-order valence-electron chi connectivity index (χ1n) is 2.73. The third kappa shape index (κ3) is 2.25. The van der Waals surface area contributed by atoms with Crippen molar-refractivity contribution in [3.8, 4) is 0 Å². The second-order valence-electron chi connectivity index (χ2n) is 1.51. The van der Waals surface area contributed by atoms with Crippen LogP contribution in [-0.4, -0.2) is 20.0 Å². The Kier molecular flexibility index (Phi) is 3.86. The van der Waals surface area contributed by atoms with Crippen molar-refractivity contribution >= 4 is 5.91 Å². The zero-order valence-electron chi connectivity index (χ0n) is 5.93. The number of hydrogen-bond acceptors (Lipinski definition) is 4. The summed E-state index contributed by atoms with van der Waals surface area (Å²) in [6.07, 6.45) is 1.35. The third-order valence-electron chi connectivity index (χ3n) is 0.861. The molecule has 0 radical (unpaired) electrons. The predicted molar refractivity (Wildman–Crippen MR) is 36.4 cm³/mol. The SMILES string of the molecule is CN/C=C(\N=N)C(=O)NC. The van der Waals surface area contributed by atoms with Gasteiger partial charge >= 0.3 is 0 Å². The predicted octanol–water partition coefficient (Wildman–Crippen LogP) is -0.176. The number of nitrogens with zero attached hydrogens (tertiary/aromatic N) is 1. The lowest BCUT2D eigenvalue weighted by Gasteiger charge is -1.96. The highest BCUT2D eigenvalue weighted by Crippen LogP contribution is 1.91. The number of likely N-dealkylation sites (N-methyl/N-ethyl adjacent to an activating group) is 1. The van der Waals surface area contributed by atoms with Gasteiger partial charge in [-0.3, -0.25) is 4.79 Å². The summed E-state index contributed by atoms with van der Waals surface area (Å²) in [5, 5.41) is 7.92. The van der Waals surface area contributed by atoms with Gasteiger partial charge in [0, 0.05) is 20.3 Å².